The lowest BCUT2D eigenvalue weighted by Crippen LogP contribution is -2.15. The Kier molecular flexibility index (Phi) is 2.52. The van der Waals surface area contributed by atoms with Gasteiger partial charge in [0.05, 0.1) is 11.9 Å². The van der Waals surface area contributed by atoms with E-state index in [0.29, 0.717) is 11.5 Å². The Hall–Kier alpha value is -1.68. The fourth-order valence-electron chi connectivity index (χ4n) is 1.44. The molecule has 0 aliphatic rings. The maximum Gasteiger partial charge on any atom is 0.156 e. The second kappa shape index (κ2) is 3.72. The summed E-state index contributed by atoms with van der Waals surface area (Å²) in [6.07, 6.45) is 1.64. The van der Waals surface area contributed by atoms with Crippen LogP contribution in [-0.4, -0.2) is 20.1 Å². The minimum atomic E-state index is -0.908. The first-order chi connectivity index (χ1) is 7.47. The van der Waals surface area contributed by atoms with Crippen molar-refractivity contribution in [2.24, 2.45) is 0 Å². The number of H-pyrrole nitrogens is 1. The van der Waals surface area contributed by atoms with Gasteiger partial charge in [0, 0.05) is 5.69 Å². The SMILES string of the molecule is Cc1cccc(-c2ncc(C(C)(C)O)[nH]2)n1. The smallest absolute Gasteiger partial charge is 0.156 e. The van der Waals surface area contributed by atoms with Crippen LogP contribution in [0, 0.1) is 6.92 Å². The molecule has 2 rings (SSSR count). The zero-order valence-electron chi connectivity index (χ0n) is 9.65. The molecule has 0 aliphatic heterocycles. The van der Waals surface area contributed by atoms with Crippen molar-refractivity contribution in [2.75, 3.05) is 0 Å². The van der Waals surface area contributed by atoms with Gasteiger partial charge in [-0.1, -0.05) is 6.07 Å². The molecule has 16 heavy (non-hydrogen) atoms. The van der Waals surface area contributed by atoms with Crippen molar-refractivity contribution in [1.82, 2.24) is 15.0 Å². The van der Waals surface area contributed by atoms with E-state index >= 15 is 0 Å². The van der Waals surface area contributed by atoms with Crippen molar-refractivity contribution in [3.05, 3.63) is 35.8 Å². The molecule has 0 aliphatic carbocycles. The highest BCUT2D eigenvalue weighted by Gasteiger charge is 2.19. The van der Waals surface area contributed by atoms with Crippen molar-refractivity contribution in [3.8, 4) is 11.5 Å². The second-order valence-corrected chi connectivity index (χ2v) is 4.37. The van der Waals surface area contributed by atoms with Crippen molar-refractivity contribution >= 4 is 0 Å². The zero-order chi connectivity index (χ0) is 11.8. The summed E-state index contributed by atoms with van der Waals surface area (Å²) in [7, 11) is 0. The van der Waals surface area contributed by atoms with Crippen LogP contribution >= 0.6 is 0 Å². The van der Waals surface area contributed by atoms with Gasteiger partial charge in [0.2, 0.25) is 0 Å². The predicted molar refractivity (Wildman–Crippen MR) is 61.8 cm³/mol. The molecular formula is C12H15N3O. The van der Waals surface area contributed by atoms with E-state index in [4.69, 9.17) is 0 Å². The molecule has 0 radical (unpaired) electrons. The molecule has 2 aromatic rings. The lowest BCUT2D eigenvalue weighted by atomic mass is 10.1. The molecular weight excluding hydrogens is 202 g/mol. The van der Waals surface area contributed by atoms with Crippen LogP contribution in [0.5, 0.6) is 0 Å². The number of nitrogens with zero attached hydrogens (tertiary/aromatic N) is 2. The topological polar surface area (TPSA) is 61.8 Å². The zero-order valence-corrected chi connectivity index (χ0v) is 9.65. The molecule has 0 spiro atoms. The Morgan fingerprint density at radius 3 is 2.62 bits per heavy atom. The van der Waals surface area contributed by atoms with Gasteiger partial charge >= 0.3 is 0 Å². The average molecular weight is 217 g/mol. The fraction of sp³-hybridized carbons (Fsp3) is 0.333. The first-order valence-corrected chi connectivity index (χ1v) is 5.19. The molecule has 2 N–H and O–H groups in total. The quantitative estimate of drug-likeness (QED) is 0.808. The number of hydrogen-bond acceptors (Lipinski definition) is 3. The molecule has 0 unspecified atom stereocenters. The largest absolute Gasteiger partial charge is 0.384 e. The second-order valence-electron chi connectivity index (χ2n) is 4.37. The van der Waals surface area contributed by atoms with Crippen molar-refractivity contribution in [2.45, 2.75) is 26.4 Å². The van der Waals surface area contributed by atoms with E-state index in [1.807, 2.05) is 25.1 Å². The Balaban J connectivity index is 2.39. The number of aromatic nitrogens is 3. The molecule has 2 aromatic heterocycles. The third-order valence-electron chi connectivity index (χ3n) is 2.37. The summed E-state index contributed by atoms with van der Waals surface area (Å²) in [6, 6.07) is 5.76. The third-order valence-corrected chi connectivity index (χ3v) is 2.37. The number of rotatable bonds is 2. The summed E-state index contributed by atoms with van der Waals surface area (Å²) in [6.45, 7) is 5.37. The molecule has 4 heteroatoms. The van der Waals surface area contributed by atoms with Gasteiger partial charge in [-0.15, -0.1) is 0 Å². The highest BCUT2D eigenvalue weighted by molar-refractivity contribution is 5.49. The number of imidazole rings is 1. The Morgan fingerprint density at radius 1 is 1.31 bits per heavy atom. The van der Waals surface area contributed by atoms with Gasteiger partial charge in [-0.05, 0) is 32.9 Å². The number of aromatic amines is 1. The Morgan fingerprint density at radius 2 is 2.06 bits per heavy atom. The van der Waals surface area contributed by atoms with Crippen molar-refractivity contribution in [1.29, 1.82) is 0 Å². The summed E-state index contributed by atoms with van der Waals surface area (Å²) in [5.74, 6) is 0.681. The minimum Gasteiger partial charge on any atom is -0.384 e. The van der Waals surface area contributed by atoms with Crippen LogP contribution in [0.25, 0.3) is 11.5 Å². The van der Waals surface area contributed by atoms with Gasteiger partial charge in [-0.2, -0.15) is 0 Å². The molecule has 4 nitrogen and oxygen atoms in total. The van der Waals surface area contributed by atoms with Crippen LogP contribution in [0.2, 0.25) is 0 Å². The highest BCUT2D eigenvalue weighted by Crippen LogP contribution is 2.20. The summed E-state index contributed by atoms with van der Waals surface area (Å²) >= 11 is 0. The third kappa shape index (κ3) is 2.12. The summed E-state index contributed by atoms with van der Waals surface area (Å²) in [5, 5.41) is 9.81. The van der Waals surface area contributed by atoms with Gasteiger partial charge < -0.3 is 10.1 Å². The van der Waals surface area contributed by atoms with E-state index < -0.39 is 5.60 Å². The molecule has 0 atom stereocenters. The molecule has 0 fully saturated rings. The number of aliphatic hydroxyl groups is 1. The molecule has 0 saturated carbocycles. The average Bonchev–Trinajstić information content (AvgIpc) is 2.65. The van der Waals surface area contributed by atoms with Gasteiger partial charge in [-0.3, -0.25) is 0 Å². The molecule has 84 valence electrons. The molecule has 0 saturated heterocycles. The summed E-state index contributed by atoms with van der Waals surface area (Å²) < 4.78 is 0. The van der Waals surface area contributed by atoms with Crippen molar-refractivity contribution < 1.29 is 5.11 Å². The lowest BCUT2D eigenvalue weighted by molar-refractivity contribution is 0.0744. The van der Waals surface area contributed by atoms with E-state index in [1.165, 1.54) is 0 Å². The van der Waals surface area contributed by atoms with Crippen LogP contribution < -0.4 is 0 Å². The maximum atomic E-state index is 9.81. The van der Waals surface area contributed by atoms with Crippen molar-refractivity contribution in [3.63, 3.8) is 0 Å². The van der Waals surface area contributed by atoms with E-state index in [1.54, 1.807) is 20.0 Å². The predicted octanol–water partition coefficient (Wildman–Crippen LogP) is 2.01. The Labute approximate surface area is 94.4 Å². The summed E-state index contributed by atoms with van der Waals surface area (Å²) in [5.41, 5.74) is 1.51. The van der Waals surface area contributed by atoms with E-state index in [2.05, 4.69) is 15.0 Å². The number of nitrogens with one attached hydrogen (secondary N) is 1. The molecule has 0 aromatic carbocycles. The Bertz CT molecular complexity index is 497. The standard InChI is InChI=1S/C12H15N3O/c1-8-5-4-6-9(14-8)11-13-7-10(15-11)12(2,3)16/h4-7,16H,1-3H3,(H,13,15). The summed E-state index contributed by atoms with van der Waals surface area (Å²) in [4.78, 5) is 11.7. The van der Waals surface area contributed by atoms with Gasteiger partial charge in [0.15, 0.2) is 5.82 Å². The van der Waals surface area contributed by atoms with Crippen LogP contribution in [0.15, 0.2) is 24.4 Å². The normalized spacial score (nSPS) is 11.8. The maximum absolute atomic E-state index is 9.81. The minimum absolute atomic E-state index is 0.681. The van der Waals surface area contributed by atoms with Gasteiger partial charge in [-0.25, -0.2) is 9.97 Å². The number of hydrogen-bond donors (Lipinski definition) is 2. The van der Waals surface area contributed by atoms with E-state index in [-0.39, 0.29) is 0 Å². The monoisotopic (exact) mass is 217 g/mol. The number of pyridine rings is 1. The first kappa shape index (κ1) is 10.8. The molecule has 2 heterocycles. The van der Waals surface area contributed by atoms with Crippen LogP contribution in [0.3, 0.4) is 0 Å². The lowest BCUT2D eigenvalue weighted by Gasteiger charge is -2.13. The van der Waals surface area contributed by atoms with Crippen LogP contribution in [0.1, 0.15) is 25.2 Å². The molecule has 0 bridgehead atoms. The van der Waals surface area contributed by atoms with E-state index in [9.17, 15) is 5.11 Å². The van der Waals surface area contributed by atoms with Crippen LogP contribution in [-0.2, 0) is 5.60 Å². The first-order valence-electron chi connectivity index (χ1n) is 5.19. The van der Waals surface area contributed by atoms with Gasteiger partial charge in [0.25, 0.3) is 0 Å². The highest BCUT2D eigenvalue weighted by atomic mass is 16.3. The molecule has 0 amide bonds. The van der Waals surface area contributed by atoms with Gasteiger partial charge in [0.1, 0.15) is 11.3 Å². The fourth-order valence-corrected chi connectivity index (χ4v) is 1.44. The number of aryl methyl sites for hydroxylation is 1. The van der Waals surface area contributed by atoms with Crippen LogP contribution in [0.4, 0.5) is 0 Å². The van der Waals surface area contributed by atoms with E-state index in [0.717, 1.165) is 11.4 Å².